The highest BCUT2D eigenvalue weighted by Gasteiger charge is 2.45. The zero-order valence-corrected chi connectivity index (χ0v) is 28.9. The van der Waals surface area contributed by atoms with Crippen LogP contribution in [-0.2, 0) is 19.7 Å². The number of hydrogen-bond donors (Lipinski definition) is 2. The van der Waals surface area contributed by atoms with Crippen LogP contribution in [0.15, 0.2) is 85.3 Å². The summed E-state index contributed by atoms with van der Waals surface area (Å²) < 4.78 is 5.88. The van der Waals surface area contributed by atoms with E-state index in [1.807, 2.05) is 52.4 Å². The Morgan fingerprint density at radius 1 is 0.940 bits per heavy atom. The maximum absolute atomic E-state index is 13.8. The summed E-state index contributed by atoms with van der Waals surface area (Å²) in [4.78, 5) is 44.2. The summed E-state index contributed by atoms with van der Waals surface area (Å²) in [6.07, 6.45) is 8.68. The van der Waals surface area contributed by atoms with E-state index in [-0.39, 0.29) is 23.8 Å². The molecule has 0 bridgehead atoms. The molecule has 1 saturated heterocycles. The molecule has 0 radical (unpaired) electrons. The van der Waals surface area contributed by atoms with Crippen molar-refractivity contribution in [3.8, 4) is 22.6 Å². The van der Waals surface area contributed by atoms with Crippen molar-refractivity contribution in [2.45, 2.75) is 44.6 Å². The Morgan fingerprint density at radius 3 is 2.44 bits per heavy atom. The minimum atomic E-state index is -1.06. The fourth-order valence-corrected chi connectivity index (χ4v) is 6.71. The smallest absolute Gasteiger partial charge is 0.258 e. The first-order chi connectivity index (χ1) is 24.1. The number of benzene rings is 2. The standard InChI is InChI=1S/C39H42N8O3/c1-38(2,3)33-22-29(12-18-40-33)35-31-23-30(10-11-32(31)44-45-35)43-37(49)39(50-4)15-21-46(25-39)24-34(48)47-19-13-27(14-20-47)26-6-8-28(9-7-26)36-41-16-5-17-42-36/h5-13,16-18,22-23H,14-15,19-21,24-25H2,1-4H3,(H,43,49)(H,44,45)/t39-/m0/s1. The molecule has 5 heterocycles. The predicted octanol–water partition coefficient (Wildman–Crippen LogP) is 5.72. The number of amides is 2. The van der Waals surface area contributed by atoms with Gasteiger partial charge in [-0.2, -0.15) is 5.10 Å². The number of H-pyrrole nitrogens is 1. The zero-order valence-electron chi connectivity index (χ0n) is 28.9. The molecule has 0 saturated carbocycles. The number of anilines is 1. The van der Waals surface area contributed by atoms with Crippen molar-refractivity contribution in [3.05, 3.63) is 96.6 Å². The Labute approximate surface area is 291 Å². The normalized spacial score (nSPS) is 18.3. The Bertz CT molecular complexity index is 2050. The van der Waals surface area contributed by atoms with E-state index in [9.17, 15) is 9.59 Å². The number of hydrogen-bond acceptors (Lipinski definition) is 8. The largest absolute Gasteiger partial charge is 0.367 e. The molecular formula is C39H42N8O3. The first-order valence-electron chi connectivity index (χ1n) is 17.0. The van der Waals surface area contributed by atoms with Crippen LogP contribution in [0.25, 0.3) is 39.1 Å². The van der Waals surface area contributed by atoms with Gasteiger partial charge in [-0.3, -0.25) is 24.6 Å². The number of aromatic nitrogens is 5. The van der Waals surface area contributed by atoms with Crippen molar-refractivity contribution in [3.63, 3.8) is 0 Å². The monoisotopic (exact) mass is 670 g/mol. The van der Waals surface area contributed by atoms with Gasteiger partial charge >= 0.3 is 0 Å². The third kappa shape index (κ3) is 6.79. The number of carbonyl (C=O) groups is 2. The summed E-state index contributed by atoms with van der Waals surface area (Å²) in [5, 5.41) is 11.7. The van der Waals surface area contributed by atoms with Crippen LogP contribution in [-0.4, -0.2) is 92.2 Å². The van der Waals surface area contributed by atoms with Crippen LogP contribution in [0.2, 0.25) is 0 Å². The third-order valence-electron chi connectivity index (χ3n) is 9.74. The van der Waals surface area contributed by atoms with Gasteiger partial charge in [0.2, 0.25) is 5.91 Å². The van der Waals surface area contributed by atoms with Crippen LogP contribution in [0.1, 0.15) is 44.9 Å². The Hall–Kier alpha value is -5.26. The van der Waals surface area contributed by atoms with Crippen molar-refractivity contribution >= 4 is 34.0 Å². The molecule has 11 heteroatoms. The first-order valence-corrected chi connectivity index (χ1v) is 17.0. The second kappa shape index (κ2) is 13.6. The number of nitrogens with zero attached hydrogens (tertiary/aromatic N) is 6. The zero-order chi connectivity index (χ0) is 34.9. The quantitative estimate of drug-likeness (QED) is 0.214. The lowest BCUT2D eigenvalue weighted by Gasteiger charge is -2.30. The van der Waals surface area contributed by atoms with Gasteiger partial charge in [0.05, 0.1) is 12.1 Å². The minimum Gasteiger partial charge on any atom is -0.367 e. The average molecular weight is 671 g/mol. The fraction of sp³-hybridized carbons (Fsp3) is 0.333. The molecule has 0 spiro atoms. The maximum atomic E-state index is 13.8. The van der Waals surface area contributed by atoms with Gasteiger partial charge in [0.1, 0.15) is 5.69 Å². The fourth-order valence-electron chi connectivity index (χ4n) is 6.71. The van der Waals surface area contributed by atoms with Crippen LogP contribution in [0.3, 0.4) is 0 Å². The molecule has 1 atom stereocenters. The number of aromatic amines is 1. The van der Waals surface area contributed by atoms with Crippen molar-refractivity contribution < 1.29 is 14.3 Å². The van der Waals surface area contributed by atoms with E-state index in [0.29, 0.717) is 44.1 Å². The van der Waals surface area contributed by atoms with E-state index in [4.69, 9.17) is 4.74 Å². The highest BCUT2D eigenvalue weighted by atomic mass is 16.5. The number of carbonyl (C=O) groups excluding carboxylic acids is 2. The Morgan fingerprint density at radius 2 is 1.72 bits per heavy atom. The summed E-state index contributed by atoms with van der Waals surface area (Å²) in [7, 11) is 1.56. The van der Waals surface area contributed by atoms with E-state index in [1.165, 1.54) is 5.57 Å². The molecule has 7 rings (SSSR count). The lowest BCUT2D eigenvalue weighted by molar-refractivity contribution is -0.138. The van der Waals surface area contributed by atoms with Crippen molar-refractivity contribution in [1.82, 2.24) is 34.9 Å². The van der Waals surface area contributed by atoms with Gasteiger partial charge < -0.3 is 15.0 Å². The van der Waals surface area contributed by atoms with E-state index in [0.717, 1.165) is 45.4 Å². The lowest BCUT2D eigenvalue weighted by atomic mass is 9.90. The van der Waals surface area contributed by atoms with E-state index < -0.39 is 5.60 Å². The van der Waals surface area contributed by atoms with Gasteiger partial charge in [-0.15, -0.1) is 0 Å². The van der Waals surface area contributed by atoms with Gasteiger partial charge in [-0.1, -0.05) is 51.1 Å². The summed E-state index contributed by atoms with van der Waals surface area (Å²) >= 11 is 0. The number of methoxy groups -OCH3 is 1. The first kappa shape index (κ1) is 33.2. The highest BCUT2D eigenvalue weighted by molar-refractivity contribution is 6.01. The van der Waals surface area contributed by atoms with Gasteiger partial charge in [0, 0.05) is 85.2 Å². The molecule has 256 valence electrons. The van der Waals surface area contributed by atoms with E-state index in [2.05, 4.69) is 75.5 Å². The van der Waals surface area contributed by atoms with Crippen LogP contribution in [0.5, 0.6) is 0 Å². The molecule has 0 aliphatic carbocycles. The number of rotatable bonds is 8. The average Bonchev–Trinajstić information content (AvgIpc) is 3.76. The van der Waals surface area contributed by atoms with Crippen molar-refractivity contribution in [1.29, 1.82) is 0 Å². The molecule has 1 fully saturated rings. The molecule has 2 aromatic carbocycles. The molecule has 2 N–H and O–H groups in total. The number of ether oxygens (including phenoxy) is 1. The van der Waals surface area contributed by atoms with E-state index in [1.54, 1.807) is 25.6 Å². The maximum Gasteiger partial charge on any atom is 0.258 e. The second-order valence-electron chi connectivity index (χ2n) is 14.1. The van der Waals surface area contributed by atoms with Gasteiger partial charge in [-0.25, -0.2) is 9.97 Å². The lowest BCUT2D eigenvalue weighted by Crippen LogP contribution is -2.48. The Kier molecular flexibility index (Phi) is 9.02. The summed E-state index contributed by atoms with van der Waals surface area (Å²) in [6, 6.07) is 19.8. The molecule has 2 aliphatic heterocycles. The topological polar surface area (TPSA) is 129 Å². The number of fused-ring (bicyclic) bond motifs is 1. The summed E-state index contributed by atoms with van der Waals surface area (Å²) in [5.74, 6) is 0.521. The van der Waals surface area contributed by atoms with Gasteiger partial charge in [0.15, 0.2) is 11.4 Å². The highest BCUT2D eigenvalue weighted by Crippen LogP contribution is 2.33. The molecule has 0 unspecified atom stereocenters. The predicted molar refractivity (Wildman–Crippen MR) is 194 cm³/mol. The van der Waals surface area contributed by atoms with Crippen LogP contribution in [0.4, 0.5) is 5.69 Å². The number of pyridine rings is 1. The van der Waals surface area contributed by atoms with Crippen LogP contribution >= 0.6 is 0 Å². The Balaban J connectivity index is 0.971. The van der Waals surface area contributed by atoms with E-state index >= 15 is 0 Å². The van der Waals surface area contributed by atoms with Crippen molar-refractivity contribution in [2.75, 3.05) is 45.2 Å². The van der Waals surface area contributed by atoms with Crippen LogP contribution in [0, 0.1) is 0 Å². The number of nitrogens with one attached hydrogen (secondary N) is 2. The third-order valence-corrected chi connectivity index (χ3v) is 9.74. The molecular weight excluding hydrogens is 628 g/mol. The molecule has 5 aromatic rings. The molecule has 3 aromatic heterocycles. The summed E-state index contributed by atoms with van der Waals surface area (Å²) in [5.41, 5.74) is 6.43. The number of likely N-dealkylation sites (tertiary alicyclic amines) is 1. The minimum absolute atomic E-state index is 0.0489. The van der Waals surface area contributed by atoms with Crippen LogP contribution < -0.4 is 5.32 Å². The summed E-state index contributed by atoms with van der Waals surface area (Å²) in [6.45, 7) is 8.75. The van der Waals surface area contributed by atoms with Crippen molar-refractivity contribution in [2.24, 2.45) is 0 Å². The second-order valence-corrected chi connectivity index (χ2v) is 14.1. The SMILES string of the molecule is CO[C@@]1(C(=O)Nc2ccc3[nH]nc(-c4ccnc(C(C)(C)C)c4)c3c2)CCN(CC(=O)N2CC=C(c3ccc(-c4ncccn4)cc3)CC2)C1. The molecule has 2 amide bonds. The molecule has 11 nitrogen and oxygen atoms in total. The molecule has 2 aliphatic rings. The van der Waals surface area contributed by atoms with Gasteiger partial charge in [-0.05, 0) is 60.4 Å². The van der Waals surface area contributed by atoms with Gasteiger partial charge in [0.25, 0.3) is 5.91 Å². The molecule has 50 heavy (non-hydrogen) atoms.